The fourth-order valence-electron chi connectivity index (χ4n) is 2.07. The van der Waals surface area contributed by atoms with E-state index in [4.69, 9.17) is 5.11 Å². The quantitative estimate of drug-likeness (QED) is 0.558. The Morgan fingerprint density at radius 2 is 1.96 bits per heavy atom. The number of carbonyl (C=O) groups is 1. The van der Waals surface area contributed by atoms with Gasteiger partial charge in [-0.2, -0.15) is 0 Å². The summed E-state index contributed by atoms with van der Waals surface area (Å²) in [6.45, 7) is 3.23. The molecule has 0 radical (unpaired) electrons. The van der Waals surface area contributed by atoms with Crippen LogP contribution in [0, 0.1) is 0 Å². The van der Waals surface area contributed by atoms with Gasteiger partial charge < -0.3 is 21.1 Å². The topological polar surface area (TPSA) is 99.2 Å². The second-order valence-corrected chi connectivity index (χ2v) is 5.25. The van der Waals surface area contributed by atoms with Crippen LogP contribution in [0.15, 0.2) is 36.7 Å². The van der Waals surface area contributed by atoms with E-state index in [0.717, 1.165) is 29.8 Å². The number of urea groups is 1. The van der Waals surface area contributed by atoms with Crippen molar-refractivity contribution in [2.75, 3.05) is 30.3 Å². The number of aliphatic hydroxyl groups excluding tert-OH is 1. The third-order valence-electron chi connectivity index (χ3n) is 3.34. The summed E-state index contributed by atoms with van der Waals surface area (Å²) in [5, 5.41) is 17.4. The van der Waals surface area contributed by atoms with Crippen LogP contribution in [-0.4, -0.2) is 40.8 Å². The van der Waals surface area contributed by atoms with Crippen LogP contribution in [0.5, 0.6) is 0 Å². The summed E-state index contributed by atoms with van der Waals surface area (Å²) in [6.07, 6.45) is 3.48. The molecule has 0 unspecified atom stereocenters. The lowest BCUT2D eigenvalue weighted by atomic mass is 10.1. The number of nitrogens with zero attached hydrogens (tertiary/aromatic N) is 2. The highest BCUT2D eigenvalue weighted by atomic mass is 16.3. The van der Waals surface area contributed by atoms with E-state index in [1.165, 1.54) is 6.33 Å². The van der Waals surface area contributed by atoms with Crippen LogP contribution in [0.3, 0.4) is 0 Å². The van der Waals surface area contributed by atoms with Gasteiger partial charge in [-0.05, 0) is 18.6 Å². The first-order valence-electron chi connectivity index (χ1n) is 8.05. The predicted molar refractivity (Wildman–Crippen MR) is 95.0 cm³/mol. The molecule has 1 aromatic carbocycles. The van der Waals surface area contributed by atoms with Gasteiger partial charge in [0.05, 0.1) is 12.3 Å². The van der Waals surface area contributed by atoms with Gasteiger partial charge in [0.2, 0.25) is 0 Å². The van der Waals surface area contributed by atoms with Gasteiger partial charge in [-0.3, -0.25) is 0 Å². The molecule has 2 aromatic rings. The van der Waals surface area contributed by atoms with E-state index < -0.39 is 0 Å². The Morgan fingerprint density at radius 1 is 1.17 bits per heavy atom. The molecule has 0 atom stereocenters. The molecule has 7 nitrogen and oxygen atoms in total. The van der Waals surface area contributed by atoms with Gasteiger partial charge in [-0.15, -0.1) is 0 Å². The van der Waals surface area contributed by atoms with Crippen molar-refractivity contribution in [3.05, 3.63) is 36.7 Å². The van der Waals surface area contributed by atoms with E-state index >= 15 is 0 Å². The Bertz CT molecular complexity index is 646. The Morgan fingerprint density at radius 3 is 2.67 bits per heavy atom. The molecular formula is C17H23N5O2. The van der Waals surface area contributed by atoms with Gasteiger partial charge in [-0.25, -0.2) is 14.8 Å². The summed E-state index contributed by atoms with van der Waals surface area (Å²) in [4.78, 5) is 20.1. The van der Waals surface area contributed by atoms with Crippen LogP contribution >= 0.6 is 0 Å². The zero-order chi connectivity index (χ0) is 17.2. The number of hydrogen-bond donors (Lipinski definition) is 4. The molecule has 0 aliphatic heterocycles. The monoisotopic (exact) mass is 329 g/mol. The van der Waals surface area contributed by atoms with Gasteiger partial charge in [0.1, 0.15) is 12.1 Å². The number of aromatic nitrogens is 2. The molecule has 2 rings (SSSR count). The second-order valence-electron chi connectivity index (χ2n) is 5.25. The van der Waals surface area contributed by atoms with E-state index in [1.54, 1.807) is 0 Å². The number of unbranched alkanes of at least 4 members (excludes halogenated alkanes) is 1. The second kappa shape index (κ2) is 9.46. The highest BCUT2D eigenvalue weighted by Crippen LogP contribution is 2.20. The molecule has 0 saturated carbocycles. The maximum Gasteiger partial charge on any atom is 0.319 e. The molecule has 0 bridgehead atoms. The number of anilines is 2. The molecule has 2 amide bonds. The van der Waals surface area contributed by atoms with E-state index in [1.807, 2.05) is 30.3 Å². The zero-order valence-electron chi connectivity index (χ0n) is 13.7. The third kappa shape index (κ3) is 5.51. The molecule has 0 aliphatic rings. The largest absolute Gasteiger partial charge is 0.395 e. The van der Waals surface area contributed by atoms with E-state index in [-0.39, 0.29) is 12.6 Å². The molecule has 7 heteroatoms. The van der Waals surface area contributed by atoms with Gasteiger partial charge in [0.15, 0.2) is 0 Å². The van der Waals surface area contributed by atoms with Crippen molar-refractivity contribution in [2.45, 2.75) is 19.8 Å². The number of carbonyl (C=O) groups excluding carboxylic acids is 1. The van der Waals surface area contributed by atoms with Crippen LogP contribution in [0.1, 0.15) is 19.8 Å². The molecule has 0 spiro atoms. The van der Waals surface area contributed by atoms with Crippen molar-refractivity contribution in [3.63, 3.8) is 0 Å². The van der Waals surface area contributed by atoms with E-state index in [2.05, 4.69) is 32.8 Å². The lowest BCUT2D eigenvalue weighted by molar-refractivity contribution is 0.252. The summed E-state index contributed by atoms with van der Waals surface area (Å²) >= 11 is 0. The SMILES string of the molecule is CCCCNC(=O)Nc1ccc(-c2cc(NCCO)ncn2)cc1. The van der Waals surface area contributed by atoms with Crippen molar-refractivity contribution in [1.29, 1.82) is 0 Å². The average Bonchev–Trinajstić information content (AvgIpc) is 2.61. The smallest absolute Gasteiger partial charge is 0.319 e. The number of aliphatic hydroxyl groups is 1. The third-order valence-corrected chi connectivity index (χ3v) is 3.34. The lowest BCUT2D eigenvalue weighted by Gasteiger charge is -2.08. The Kier molecular flexibility index (Phi) is 6.97. The number of hydrogen-bond acceptors (Lipinski definition) is 5. The minimum atomic E-state index is -0.200. The highest BCUT2D eigenvalue weighted by Gasteiger charge is 2.04. The van der Waals surface area contributed by atoms with E-state index in [9.17, 15) is 4.79 Å². The maximum atomic E-state index is 11.7. The highest BCUT2D eigenvalue weighted by molar-refractivity contribution is 5.89. The van der Waals surface area contributed by atoms with Gasteiger partial charge in [0, 0.05) is 30.4 Å². The van der Waals surface area contributed by atoms with Crippen molar-refractivity contribution < 1.29 is 9.90 Å². The van der Waals surface area contributed by atoms with Crippen molar-refractivity contribution in [3.8, 4) is 11.3 Å². The van der Waals surface area contributed by atoms with Crippen LogP contribution in [0.2, 0.25) is 0 Å². The van der Waals surface area contributed by atoms with Crippen LogP contribution in [0.25, 0.3) is 11.3 Å². The van der Waals surface area contributed by atoms with Crippen LogP contribution < -0.4 is 16.0 Å². The van der Waals surface area contributed by atoms with Gasteiger partial charge in [0.25, 0.3) is 0 Å². The predicted octanol–water partition coefficient (Wildman–Crippen LogP) is 2.47. The fourth-order valence-corrected chi connectivity index (χ4v) is 2.07. The van der Waals surface area contributed by atoms with Crippen molar-refractivity contribution in [1.82, 2.24) is 15.3 Å². The van der Waals surface area contributed by atoms with Crippen molar-refractivity contribution >= 4 is 17.5 Å². The Labute approximate surface area is 141 Å². The lowest BCUT2D eigenvalue weighted by Crippen LogP contribution is -2.29. The normalized spacial score (nSPS) is 10.2. The Balaban J connectivity index is 1.97. The fraction of sp³-hybridized carbons (Fsp3) is 0.353. The minimum Gasteiger partial charge on any atom is -0.395 e. The molecule has 0 fully saturated rings. The number of nitrogens with one attached hydrogen (secondary N) is 3. The summed E-state index contributed by atoms with van der Waals surface area (Å²) in [5.41, 5.74) is 2.41. The van der Waals surface area contributed by atoms with E-state index in [0.29, 0.717) is 18.9 Å². The molecule has 4 N–H and O–H groups in total. The maximum absolute atomic E-state index is 11.7. The molecule has 24 heavy (non-hydrogen) atoms. The molecule has 0 aliphatic carbocycles. The van der Waals surface area contributed by atoms with Crippen LogP contribution in [-0.2, 0) is 0 Å². The summed E-state index contributed by atoms with van der Waals surface area (Å²) in [5.74, 6) is 0.659. The standard InChI is InChI=1S/C17H23N5O2/c1-2-3-8-19-17(24)22-14-6-4-13(5-7-14)15-11-16(18-9-10-23)21-12-20-15/h4-7,11-12,23H,2-3,8-10H2,1H3,(H,18,20,21)(H2,19,22,24). The molecule has 0 saturated heterocycles. The van der Waals surface area contributed by atoms with Gasteiger partial charge in [-0.1, -0.05) is 25.5 Å². The van der Waals surface area contributed by atoms with Crippen molar-refractivity contribution in [2.24, 2.45) is 0 Å². The molecule has 128 valence electrons. The number of amides is 2. The Hall–Kier alpha value is -2.67. The molecule has 1 heterocycles. The average molecular weight is 329 g/mol. The summed E-state index contributed by atoms with van der Waals surface area (Å²) in [7, 11) is 0. The molecule has 1 aromatic heterocycles. The van der Waals surface area contributed by atoms with Gasteiger partial charge >= 0.3 is 6.03 Å². The minimum absolute atomic E-state index is 0.0417. The summed E-state index contributed by atoms with van der Waals surface area (Å²) < 4.78 is 0. The first-order chi connectivity index (χ1) is 11.7. The summed E-state index contributed by atoms with van der Waals surface area (Å²) in [6, 6.07) is 9.05. The first-order valence-corrected chi connectivity index (χ1v) is 8.05. The van der Waals surface area contributed by atoms with Crippen LogP contribution in [0.4, 0.5) is 16.3 Å². The zero-order valence-corrected chi connectivity index (χ0v) is 13.7. The number of rotatable bonds is 8. The number of benzene rings is 1. The first kappa shape index (κ1) is 17.7. The molecular weight excluding hydrogens is 306 g/mol.